The molecule has 24 heavy (non-hydrogen) atoms. The minimum Gasteiger partial charge on any atom is -0.484 e. The third-order valence-electron chi connectivity index (χ3n) is 4.01. The Morgan fingerprint density at radius 2 is 2.17 bits per heavy atom. The maximum absolute atomic E-state index is 12.4. The molecule has 8 heteroatoms. The van der Waals surface area contributed by atoms with Crippen molar-refractivity contribution >= 4 is 11.8 Å². The SMILES string of the molecule is CCNC(=O)[C@@H]1C[C@@H](N)CN1C(=O)COc1ccc2c(c1)OCO2. The number of rotatable bonds is 5. The summed E-state index contributed by atoms with van der Waals surface area (Å²) in [5, 5.41) is 2.74. The summed E-state index contributed by atoms with van der Waals surface area (Å²) in [5.74, 6) is 1.29. The quantitative estimate of drug-likeness (QED) is 0.776. The van der Waals surface area contributed by atoms with Gasteiger partial charge in [-0.1, -0.05) is 0 Å². The van der Waals surface area contributed by atoms with Crippen LogP contribution in [-0.4, -0.2) is 55.3 Å². The second-order valence-electron chi connectivity index (χ2n) is 5.76. The van der Waals surface area contributed by atoms with Gasteiger partial charge in [0.05, 0.1) is 0 Å². The van der Waals surface area contributed by atoms with Crippen LogP contribution in [-0.2, 0) is 9.59 Å². The van der Waals surface area contributed by atoms with Gasteiger partial charge in [-0.15, -0.1) is 0 Å². The number of nitrogens with two attached hydrogens (primary N) is 1. The number of ether oxygens (including phenoxy) is 3. The average Bonchev–Trinajstić information content (AvgIpc) is 3.18. The first-order chi connectivity index (χ1) is 11.6. The molecule has 1 aromatic carbocycles. The molecule has 2 heterocycles. The maximum Gasteiger partial charge on any atom is 0.261 e. The molecule has 2 atom stereocenters. The topological polar surface area (TPSA) is 103 Å². The predicted molar refractivity (Wildman–Crippen MR) is 84.8 cm³/mol. The van der Waals surface area contributed by atoms with Crippen molar-refractivity contribution in [3.8, 4) is 17.2 Å². The van der Waals surface area contributed by atoms with E-state index in [9.17, 15) is 9.59 Å². The highest BCUT2D eigenvalue weighted by Crippen LogP contribution is 2.35. The number of fused-ring (bicyclic) bond motifs is 1. The lowest BCUT2D eigenvalue weighted by molar-refractivity contribution is -0.139. The molecule has 0 aromatic heterocycles. The number of likely N-dealkylation sites (tertiary alicyclic amines) is 1. The van der Waals surface area contributed by atoms with E-state index in [2.05, 4.69) is 5.32 Å². The highest BCUT2D eigenvalue weighted by atomic mass is 16.7. The molecular weight excluding hydrogens is 314 g/mol. The Kier molecular flexibility index (Phi) is 4.75. The maximum atomic E-state index is 12.4. The highest BCUT2D eigenvalue weighted by molar-refractivity contribution is 5.89. The number of likely N-dealkylation sites (N-methyl/N-ethyl adjacent to an activating group) is 1. The predicted octanol–water partition coefficient (Wildman–Crippen LogP) is -0.142. The first kappa shape index (κ1) is 16.4. The number of nitrogens with one attached hydrogen (secondary N) is 1. The number of nitrogens with zero attached hydrogens (tertiary/aromatic N) is 1. The Labute approximate surface area is 139 Å². The zero-order valence-electron chi connectivity index (χ0n) is 13.5. The third kappa shape index (κ3) is 3.38. The average molecular weight is 335 g/mol. The molecule has 0 bridgehead atoms. The van der Waals surface area contributed by atoms with Crippen molar-refractivity contribution in [1.82, 2.24) is 10.2 Å². The molecule has 0 spiro atoms. The largest absolute Gasteiger partial charge is 0.484 e. The van der Waals surface area contributed by atoms with Gasteiger partial charge in [0.25, 0.3) is 5.91 Å². The lowest BCUT2D eigenvalue weighted by Crippen LogP contribution is -2.47. The normalized spacial score (nSPS) is 21.7. The highest BCUT2D eigenvalue weighted by Gasteiger charge is 2.37. The van der Waals surface area contributed by atoms with Crippen LogP contribution in [0.5, 0.6) is 17.2 Å². The standard InChI is InChI=1S/C16H21N3O5/c1-2-18-16(21)12-5-10(17)7-19(12)15(20)8-22-11-3-4-13-14(6-11)24-9-23-13/h3-4,6,10,12H,2,5,7-9,17H2,1H3,(H,18,21)/t10-,12+/m1/s1. The number of benzene rings is 1. The fourth-order valence-electron chi connectivity index (χ4n) is 2.88. The van der Waals surface area contributed by atoms with Gasteiger partial charge in [-0.25, -0.2) is 0 Å². The number of hydrogen-bond donors (Lipinski definition) is 2. The van der Waals surface area contributed by atoms with Crippen LogP contribution in [0.25, 0.3) is 0 Å². The van der Waals surface area contributed by atoms with Gasteiger partial charge in [0, 0.05) is 25.2 Å². The molecule has 130 valence electrons. The van der Waals surface area contributed by atoms with Crippen molar-refractivity contribution in [3.63, 3.8) is 0 Å². The first-order valence-corrected chi connectivity index (χ1v) is 7.93. The molecule has 3 rings (SSSR count). The number of amides is 2. The van der Waals surface area contributed by atoms with Gasteiger partial charge in [-0.2, -0.15) is 0 Å². The monoisotopic (exact) mass is 335 g/mol. The van der Waals surface area contributed by atoms with Crippen LogP contribution in [0.3, 0.4) is 0 Å². The fourth-order valence-corrected chi connectivity index (χ4v) is 2.88. The molecule has 2 amide bonds. The lowest BCUT2D eigenvalue weighted by atomic mass is 10.1. The van der Waals surface area contributed by atoms with E-state index in [1.165, 1.54) is 4.90 Å². The smallest absolute Gasteiger partial charge is 0.261 e. The van der Waals surface area contributed by atoms with Gasteiger partial charge < -0.3 is 30.2 Å². The van der Waals surface area contributed by atoms with Crippen molar-refractivity contribution in [3.05, 3.63) is 18.2 Å². The fraction of sp³-hybridized carbons (Fsp3) is 0.500. The Morgan fingerprint density at radius 1 is 1.38 bits per heavy atom. The minimum absolute atomic E-state index is 0.164. The molecule has 0 unspecified atom stereocenters. The Morgan fingerprint density at radius 3 is 2.96 bits per heavy atom. The van der Waals surface area contributed by atoms with Crippen LogP contribution in [0.2, 0.25) is 0 Å². The molecule has 3 N–H and O–H groups in total. The van der Waals surface area contributed by atoms with E-state index in [4.69, 9.17) is 19.9 Å². The van der Waals surface area contributed by atoms with Gasteiger partial charge in [0.2, 0.25) is 12.7 Å². The Hall–Kier alpha value is -2.48. The molecule has 1 aromatic rings. The molecule has 0 radical (unpaired) electrons. The summed E-state index contributed by atoms with van der Waals surface area (Å²) < 4.78 is 16.0. The van der Waals surface area contributed by atoms with Gasteiger partial charge in [0.15, 0.2) is 18.1 Å². The Balaban J connectivity index is 1.60. The summed E-state index contributed by atoms with van der Waals surface area (Å²) in [4.78, 5) is 26.0. The first-order valence-electron chi connectivity index (χ1n) is 7.93. The third-order valence-corrected chi connectivity index (χ3v) is 4.01. The van der Waals surface area contributed by atoms with Crippen molar-refractivity contribution < 1.29 is 23.8 Å². The summed E-state index contributed by atoms with van der Waals surface area (Å²) in [6, 6.07) is 4.37. The zero-order chi connectivity index (χ0) is 17.1. The molecule has 0 saturated carbocycles. The van der Waals surface area contributed by atoms with Crippen molar-refractivity contribution in [2.24, 2.45) is 5.73 Å². The minimum atomic E-state index is -0.534. The van der Waals surface area contributed by atoms with E-state index in [-0.39, 0.29) is 31.3 Å². The van der Waals surface area contributed by atoms with E-state index in [0.29, 0.717) is 36.8 Å². The lowest BCUT2D eigenvalue weighted by Gasteiger charge is -2.23. The number of hydrogen-bond acceptors (Lipinski definition) is 6. The van der Waals surface area contributed by atoms with Crippen LogP contribution in [0.1, 0.15) is 13.3 Å². The van der Waals surface area contributed by atoms with Crippen LogP contribution in [0.15, 0.2) is 18.2 Å². The van der Waals surface area contributed by atoms with Gasteiger partial charge in [-0.3, -0.25) is 9.59 Å². The molecule has 2 aliphatic rings. The van der Waals surface area contributed by atoms with Crippen LogP contribution in [0.4, 0.5) is 0 Å². The molecule has 8 nitrogen and oxygen atoms in total. The van der Waals surface area contributed by atoms with E-state index in [1.807, 2.05) is 6.92 Å². The van der Waals surface area contributed by atoms with Crippen LogP contribution in [0, 0.1) is 0 Å². The van der Waals surface area contributed by atoms with E-state index in [0.717, 1.165) is 0 Å². The van der Waals surface area contributed by atoms with Gasteiger partial charge in [-0.05, 0) is 25.5 Å². The number of carbonyl (C=O) groups is 2. The van der Waals surface area contributed by atoms with E-state index >= 15 is 0 Å². The zero-order valence-corrected chi connectivity index (χ0v) is 13.5. The molecule has 2 aliphatic heterocycles. The van der Waals surface area contributed by atoms with E-state index < -0.39 is 6.04 Å². The van der Waals surface area contributed by atoms with Crippen LogP contribution < -0.4 is 25.3 Å². The molecule has 1 fully saturated rings. The van der Waals surface area contributed by atoms with E-state index in [1.54, 1.807) is 18.2 Å². The summed E-state index contributed by atoms with van der Waals surface area (Å²) in [6.07, 6.45) is 0.460. The second kappa shape index (κ2) is 6.96. The Bertz CT molecular complexity index is 636. The van der Waals surface area contributed by atoms with Crippen molar-refractivity contribution in [2.45, 2.75) is 25.4 Å². The molecule has 0 aliphatic carbocycles. The molecular formula is C16H21N3O5. The molecule has 1 saturated heterocycles. The van der Waals surface area contributed by atoms with Gasteiger partial charge in [0.1, 0.15) is 11.8 Å². The summed E-state index contributed by atoms with van der Waals surface area (Å²) in [5.41, 5.74) is 5.91. The van der Waals surface area contributed by atoms with Crippen molar-refractivity contribution in [1.29, 1.82) is 0 Å². The van der Waals surface area contributed by atoms with Crippen LogP contribution >= 0.6 is 0 Å². The van der Waals surface area contributed by atoms with Gasteiger partial charge >= 0.3 is 0 Å². The summed E-state index contributed by atoms with van der Waals surface area (Å²) in [7, 11) is 0. The summed E-state index contributed by atoms with van der Waals surface area (Å²) >= 11 is 0. The number of carbonyl (C=O) groups excluding carboxylic acids is 2. The van der Waals surface area contributed by atoms with Crippen molar-refractivity contribution in [2.75, 3.05) is 26.5 Å². The summed E-state index contributed by atoms with van der Waals surface area (Å²) in [6.45, 7) is 2.72. The second-order valence-corrected chi connectivity index (χ2v) is 5.76.